The number of carbonyl (C=O) groups excluding carboxylic acids is 4. The van der Waals surface area contributed by atoms with Crippen LogP contribution in [0.1, 0.15) is 349 Å². The van der Waals surface area contributed by atoms with E-state index < -0.39 is 97.5 Å². The Kier molecular flexibility index (Phi) is 66.4. The summed E-state index contributed by atoms with van der Waals surface area (Å²) in [5.74, 6) is -2.17. The summed E-state index contributed by atoms with van der Waals surface area (Å²) in [5.41, 5.74) is 0. The van der Waals surface area contributed by atoms with E-state index in [0.29, 0.717) is 25.7 Å². The van der Waals surface area contributed by atoms with Crippen LogP contribution in [0.15, 0.2) is 48.6 Å². The third-order valence-electron chi connectivity index (χ3n) is 16.3. The molecule has 0 saturated carbocycles. The number of hydrogen-bond donors (Lipinski definition) is 3. The van der Waals surface area contributed by atoms with Gasteiger partial charge in [0.05, 0.1) is 26.4 Å². The Morgan fingerprint density at radius 2 is 0.553 bits per heavy atom. The van der Waals surface area contributed by atoms with E-state index in [1.54, 1.807) is 0 Å². The second-order valence-corrected chi connectivity index (χ2v) is 28.5. The molecule has 0 fully saturated rings. The summed E-state index contributed by atoms with van der Waals surface area (Å²) in [6.45, 7) is 4.78. The SMILES string of the molecule is CC/C=C\C/C=C\C/C=C\CCCCCCCC(=O)OCC(COP(=O)(O)OCC(O)COP(=O)(O)OCC(COC(=O)CCCCCCC/C=C\CCCCCC)OC(=O)CCCCCCCCCCCCCCC)OC(=O)CCCCCCCCCCCCCCC. The van der Waals surface area contributed by atoms with Gasteiger partial charge in [-0.2, -0.15) is 0 Å². The second kappa shape index (κ2) is 68.5. The highest BCUT2D eigenvalue weighted by Gasteiger charge is 2.30. The van der Waals surface area contributed by atoms with Crippen molar-refractivity contribution < 1.29 is 80.2 Å². The molecule has 5 atom stereocenters. The molecule has 0 aromatic heterocycles. The third kappa shape index (κ3) is 67.6. The number of phosphoric ester groups is 2. The molecule has 0 aromatic carbocycles. The third-order valence-corrected chi connectivity index (χ3v) is 18.2. The van der Waals surface area contributed by atoms with E-state index in [1.165, 1.54) is 128 Å². The number of esters is 4. The summed E-state index contributed by atoms with van der Waals surface area (Å²) in [7, 11) is -9.93. The van der Waals surface area contributed by atoms with E-state index in [-0.39, 0.29) is 25.7 Å². The van der Waals surface area contributed by atoms with Crippen molar-refractivity contribution in [2.45, 2.75) is 367 Å². The molecule has 5 unspecified atom stereocenters. The van der Waals surface area contributed by atoms with E-state index >= 15 is 0 Å². The van der Waals surface area contributed by atoms with Crippen LogP contribution in [0, 0.1) is 0 Å². The van der Waals surface area contributed by atoms with Gasteiger partial charge < -0.3 is 33.8 Å². The normalized spacial score (nSPS) is 14.2. The molecular formula is C75H138O17P2. The van der Waals surface area contributed by atoms with Gasteiger partial charge in [-0.3, -0.25) is 37.3 Å². The van der Waals surface area contributed by atoms with E-state index in [4.69, 9.17) is 37.0 Å². The quantitative estimate of drug-likeness (QED) is 0.0169. The Morgan fingerprint density at radius 1 is 0.309 bits per heavy atom. The fourth-order valence-corrected chi connectivity index (χ4v) is 12.1. The van der Waals surface area contributed by atoms with Crippen LogP contribution >= 0.6 is 15.6 Å². The highest BCUT2D eigenvalue weighted by atomic mass is 31.2. The highest BCUT2D eigenvalue weighted by molar-refractivity contribution is 7.47. The lowest BCUT2D eigenvalue weighted by atomic mass is 10.0. The Morgan fingerprint density at radius 3 is 0.872 bits per heavy atom. The number of unbranched alkanes of at least 4 members (excludes halogenated alkanes) is 38. The Hall–Kier alpha value is -2.98. The number of aliphatic hydroxyl groups excluding tert-OH is 1. The molecule has 0 aliphatic rings. The number of carbonyl (C=O) groups is 4. The molecular weight excluding hydrogens is 1230 g/mol. The van der Waals surface area contributed by atoms with E-state index in [0.717, 1.165) is 141 Å². The molecule has 0 radical (unpaired) electrons. The maximum Gasteiger partial charge on any atom is 0.472 e. The van der Waals surface area contributed by atoms with Crippen LogP contribution in [0.2, 0.25) is 0 Å². The topological polar surface area (TPSA) is 237 Å². The number of ether oxygens (including phenoxy) is 4. The molecule has 94 heavy (non-hydrogen) atoms. The predicted molar refractivity (Wildman–Crippen MR) is 381 cm³/mol. The number of allylic oxidation sites excluding steroid dienone is 8. The van der Waals surface area contributed by atoms with Crippen LogP contribution in [0.4, 0.5) is 0 Å². The minimum atomic E-state index is -4.97. The minimum absolute atomic E-state index is 0.0981. The maximum absolute atomic E-state index is 13.1. The van der Waals surface area contributed by atoms with Crippen molar-refractivity contribution in [1.29, 1.82) is 0 Å². The zero-order valence-corrected chi connectivity index (χ0v) is 61.7. The molecule has 0 amide bonds. The first-order valence-corrected chi connectivity index (χ1v) is 40.9. The average Bonchev–Trinajstić information content (AvgIpc) is 1.67. The average molecular weight is 1370 g/mol. The lowest BCUT2D eigenvalue weighted by Gasteiger charge is -2.21. The second-order valence-electron chi connectivity index (χ2n) is 25.6. The molecule has 0 aliphatic carbocycles. The first kappa shape index (κ1) is 91.0. The summed E-state index contributed by atoms with van der Waals surface area (Å²) in [5, 5.41) is 10.6. The van der Waals surface area contributed by atoms with Crippen molar-refractivity contribution in [3.05, 3.63) is 48.6 Å². The van der Waals surface area contributed by atoms with Gasteiger partial charge in [-0.15, -0.1) is 0 Å². The first-order chi connectivity index (χ1) is 45.7. The van der Waals surface area contributed by atoms with Gasteiger partial charge >= 0.3 is 39.5 Å². The maximum atomic E-state index is 13.1. The van der Waals surface area contributed by atoms with Crippen LogP contribution < -0.4 is 0 Å². The summed E-state index contributed by atoms with van der Waals surface area (Å²) in [4.78, 5) is 72.7. The van der Waals surface area contributed by atoms with Crippen LogP contribution in [-0.2, 0) is 65.4 Å². The smallest absolute Gasteiger partial charge is 0.462 e. The fourth-order valence-electron chi connectivity index (χ4n) is 10.5. The summed E-state index contributed by atoms with van der Waals surface area (Å²) >= 11 is 0. The number of rotatable bonds is 72. The molecule has 0 heterocycles. The summed E-state index contributed by atoms with van der Waals surface area (Å²) < 4.78 is 68.4. The van der Waals surface area contributed by atoms with Crippen molar-refractivity contribution in [3.63, 3.8) is 0 Å². The van der Waals surface area contributed by atoms with Gasteiger partial charge in [0.25, 0.3) is 0 Å². The van der Waals surface area contributed by atoms with Gasteiger partial charge in [0.1, 0.15) is 19.3 Å². The number of phosphoric acid groups is 2. The van der Waals surface area contributed by atoms with Crippen LogP contribution in [-0.4, -0.2) is 96.7 Å². The Balaban J connectivity index is 5.31. The van der Waals surface area contributed by atoms with Gasteiger partial charge in [0.2, 0.25) is 0 Å². The highest BCUT2D eigenvalue weighted by Crippen LogP contribution is 2.45. The molecule has 19 heteroatoms. The molecule has 0 spiro atoms. The van der Waals surface area contributed by atoms with Crippen LogP contribution in [0.3, 0.4) is 0 Å². The van der Waals surface area contributed by atoms with Gasteiger partial charge in [0.15, 0.2) is 12.2 Å². The molecule has 0 aliphatic heterocycles. The summed E-state index contributed by atoms with van der Waals surface area (Å²) in [6.07, 6.45) is 63.8. The Labute approximate surface area is 572 Å². The van der Waals surface area contributed by atoms with Crippen molar-refractivity contribution >= 4 is 39.5 Å². The molecule has 17 nitrogen and oxygen atoms in total. The van der Waals surface area contributed by atoms with Crippen molar-refractivity contribution in [2.24, 2.45) is 0 Å². The van der Waals surface area contributed by atoms with Gasteiger partial charge in [0, 0.05) is 25.7 Å². The molecule has 550 valence electrons. The molecule has 0 saturated heterocycles. The largest absolute Gasteiger partial charge is 0.472 e. The van der Waals surface area contributed by atoms with Crippen molar-refractivity contribution in [1.82, 2.24) is 0 Å². The van der Waals surface area contributed by atoms with Gasteiger partial charge in [-0.1, -0.05) is 288 Å². The minimum Gasteiger partial charge on any atom is -0.462 e. The summed E-state index contributed by atoms with van der Waals surface area (Å²) in [6, 6.07) is 0. The van der Waals surface area contributed by atoms with Crippen molar-refractivity contribution in [2.75, 3.05) is 39.6 Å². The molecule has 0 bridgehead atoms. The standard InChI is InChI=1S/C75H138O17P2/c1-5-9-13-17-21-25-29-33-34-38-40-44-48-52-56-60-73(78)86-66-71(92-75(80)62-58-54-50-46-42-37-32-28-24-20-16-12-8-4)68-90-94(83,84)88-64-69(76)63-87-93(81,82)89-67-70(91-74(79)61-57-53-49-45-41-36-31-27-23-19-15-11-7-3)65-85-72(77)59-55-51-47-43-39-35-30-26-22-18-14-10-6-2/h9,13,21,25-26,30,33-34,69-71,76H,5-8,10-12,14-20,22-24,27-29,31-32,35-68H2,1-4H3,(H,81,82)(H,83,84)/b13-9-,25-21-,30-26-,34-33-. The zero-order valence-electron chi connectivity index (χ0n) is 59.9. The first-order valence-electron chi connectivity index (χ1n) is 37.9. The van der Waals surface area contributed by atoms with E-state index in [9.17, 15) is 43.2 Å². The predicted octanol–water partition coefficient (Wildman–Crippen LogP) is 21.3. The lowest BCUT2D eigenvalue weighted by molar-refractivity contribution is -0.161. The molecule has 0 aromatic rings. The number of hydrogen-bond acceptors (Lipinski definition) is 15. The van der Waals surface area contributed by atoms with Crippen LogP contribution in [0.5, 0.6) is 0 Å². The van der Waals surface area contributed by atoms with E-state index in [2.05, 4.69) is 76.3 Å². The van der Waals surface area contributed by atoms with Crippen LogP contribution in [0.25, 0.3) is 0 Å². The zero-order chi connectivity index (χ0) is 69.0. The van der Waals surface area contributed by atoms with Crippen molar-refractivity contribution in [3.8, 4) is 0 Å². The molecule has 0 rings (SSSR count). The molecule has 3 N–H and O–H groups in total. The lowest BCUT2D eigenvalue weighted by Crippen LogP contribution is -2.30. The Bertz CT molecular complexity index is 1980. The van der Waals surface area contributed by atoms with Gasteiger partial charge in [-0.25, -0.2) is 9.13 Å². The number of aliphatic hydroxyl groups is 1. The van der Waals surface area contributed by atoms with Gasteiger partial charge in [-0.05, 0) is 83.5 Å². The monoisotopic (exact) mass is 1370 g/mol. The fraction of sp³-hybridized carbons (Fsp3) is 0.840. The van der Waals surface area contributed by atoms with E-state index in [1.807, 2.05) is 0 Å².